The number of sulfonamides is 1. The summed E-state index contributed by atoms with van der Waals surface area (Å²) in [5.74, 6) is -1.30. The van der Waals surface area contributed by atoms with E-state index in [0.717, 1.165) is 0 Å². The van der Waals surface area contributed by atoms with Crippen molar-refractivity contribution in [3.05, 3.63) is 23.9 Å². The lowest BCUT2D eigenvalue weighted by Crippen LogP contribution is -2.43. The van der Waals surface area contributed by atoms with Gasteiger partial charge in [-0.1, -0.05) is 0 Å². The summed E-state index contributed by atoms with van der Waals surface area (Å²) in [6.07, 6.45) is 5.23. The molecule has 0 aliphatic carbocycles. The number of amides is 1. The van der Waals surface area contributed by atoms with Crippen LogP contribution in [0.4, 0.5) is 0 Å². The summed E-state index contributed by atoms with van der Waals surface area (Å²) in [6.45, 7) is 2.27. The van der Waals surface area contributed by atoms with Crippen LogP contribution < -0.4 is 0 Å². The number of amidine groups is 1. The Balaban J connectivity index is 1.88. The first-order chi connectivity index (χ1) is 10.7. The minimum Gasteiger partial charge on any atom is -0.481 e. The molecule has 1 amide bonds. The van der Waals surface area contributed by atoms with Crippen molar-refractivity contribution in [2.75, 3.05) is 25.4 Å². The fraction of sp³-hybridized carbons (Fsp3) is 0.500. The molecule has 3 rings (SSSR count). The van der Waals surface area contributed by atoms with Crippen LogP contribution in [0.3, 0.4) is 0 Å². The SMILES string of the molecule is CC1(C(=O)O)CCN(C(=O)C2=CC=CN3CCS(=O)(=O)N=C23)C1. The van der Waals surface area contributed by atoms with E-state index in [0.29, 0.717) is 13.0 Å². The van der Waals surface area contributed by atoms with Crippen molar-refractivity contribution in [3.63, 3.8) is 0 Å². The third kappa shape index (κ3) is 2.76. The molecule has 1 fully saturated rings. The number of rotatable bonds is 2. The van der Waals surface area contributed by atoms with Crippen molar-refractivity contribution in [1.82, 2.24) is 9.80 Å². The average Bonchev–Trinajstić information content (AvgIpc) is 2.89. The van der Waals surface area contributed by atoms with Crippen molar-refractivity contribution in [2.24, 2.45) is 9.81 Å². The van der Waals surface area contributed by atoms with Crippen molar-refractivity contribution in [3.8, 4) is 0 Å². The minimum absolute atomic E-state index is 0.0941. The maximum absolute atomic E-state index is 12.7. The molecular formula is C14H17N3O5S. The first kappa shape index (κ1) is 15.7. The summed E-state index contributed by atoms with van der Waals surface area (Å²) in [5, 5.41) is 9.26. The van der Waals surface area contributed by atoms with E-state index < -0.39 is 21.4 Å². The number of carboxylic acid groups (broad SMARTS) is 1. The molecule has 1 unspecified atom stereocenters. The Hall–Kier alpha value is -2.16. The number of fused-ring (bicyclic) bond motifs is 1. The number of aliphatic carboxylic acids is 1. The van der Waals surface area contributed by atoms with Crippen LogP contribution in [0.15, 0.2) is 28.3 Å². The molecule has 0 saturated carbocycles. The van der Waals surface area contributed by atoms with Crippen LogP contribution in [0.5, 0.6) is 0 Å². The first-order valence-corrected chi connectivity index (χ1v) is 8.84. The van der Waals surface area contributed by atoms with E-state index in [9.17, 15) is 23.1 Å². The summed E-state index contributed by atoms with van der Waals surface area (Å²) in [6, 6.07) is 0. The van der Waals surface area contributed by atoms with Gasteiger partial charge in [0.15, 0.2) is 5.84 Å². The van der Waals surface area contributed by atoms with Gasteiger partial charge in [-0.05, 0) is 25.5 Å². The number of likely N-dealkylation sites (tertiary alicyclic amines) is 1. The van der Waals surface area contributed by atoms with Crippen molar-refractivity contribution in [2.45, 2.75) is 13.3 Å². The van der Waals surface area contributed by atoms with Crippen LogP contribution >= 0.6 is 0 Å². The molecule has 0 spiro atoms. The van der Waals surface area contributed by atoms with Gasteiger partial charge in [-0.2, -0.15) is 0 Å². The third-order valence-corrected chi connectivity index (χ3v) is 5.51. The van der Waals surface area contributed by atoms with Gasteiger partial charge in [-0.15, -0.1) is 4.40 Å². The molecule has 1 atom stereocenters. The lowest BCUT2D eigenvalue weighted by molar-refractivity contribution is -0.147. The number of nitrogens with zero attached hydrogens (tertiary/aromatic N) is 3. The van der Waals surface area contributed by atoms with Gasteiger partial charge in [0.05, 0.1) is 16.7 Å². The standard InChI is InChI=1S/C14H17N3O5S/c1-14(13(19)20)4-6-17(9-14)12(18)10-3-2-5-16-7-8-23(21,22)15-11(10)16/h2-3,5H,4,6-9H2,1H3,(H,19,20). The fourth-order valence-corrected chi connectivity index (χ4v) is 3.85. The molecule has 8 nitrogen and oxygen atoms in total. The Morgan fingerprint density at radius 2 is 2.09 bits per heavy atom. The van der Waals surface area contributed by atoms with Gasteiger partial charge >= 0.3 is 5.97 Å². The summed E-state index contributed by atoms with van der Waals surface area (Å²) < 4.78 is 27.2. The first-order valence-electron chi connectivity index (χ1n) is 7.23. The molecule has 1 saturated heterocycles. The molecule has 124 valence electrons. The zero-order valence-corrected chi connectivity index (χ0v) is 13.4. The predicted molar refractivity (Wildman–Crippen MR) is 82.1 cm³/mol. The second kappa shape index (κ2) is 5.19. The van der Waals surface area contributed by atoms with E-state index in [-0.39, 0.29) is 36.2 Å². The molecule has 0 aromatic heterocycles. The maximum atomic E-state index is 12.7. The molecule has 3 aliphatic rings. The number of carboxylic acids is 1. The van der Waals surface area contributed by atoms with Crippen LogP contribution in [0.25, 0.3) is 0 Å². The molecule has 23 heavy (non-hydrogen) atoms. The fourth-order valence-electron chi connectivity index (χ4n) is 2.86. The van der Waals surface area contributed by atoms with Gasteiger partial charge < -0.3 is 14.9 Å². The average molecular weight is 339 g/mol. The summed E-state index contributed by atoms with van der Waals surface area (Å²) in [5.41, 5.74) is -0.786. The Morgan fingerprint density at radius 1 is 1.35 bits per heavy atom. The van der Waals surface area contributed by atoms with Crippen LogP contribution in [-0.4, -0.2) is 66.4 Å². The number of allylic oxidation sites excluding steroid dienone is 2. The van der Waals surface area contributed by atoms with E-state index in [1.807, 2.05) is 0 Å². The van der Waals surface area contributed by atoms with Gasteiger partial charge in [-0.25, -0.2) is 8.42 Å². The summed E-state index contributed by atoms with van der Waals surface area (Å²) in [4.78, 5) is 27.1. The second-order valence-electron chi connectivity index (χ2n) is 6.16. The molecular weight excluding hydrogens is 322 g/mol. The van der Waals surface area contributed by atoms with E-state index in [1.165, 1.54) is 11.0 Å². The molecule has 9 heteroatoms. The van der Waals surface area contributed by atoms with Crippen LogP contribution in [0.1, 0.15) is 13.3 Å². The highest BCUT2D eigenvalue weighted by Crippen LogP contribution is 2.31. The normalized spacial score (nSPS) is 28.9. The Labute approximate surface area is 133 Å². The highest BCUT2D eigenvalue weighted by Gasteiger charge is 2.43. The molecule has 0 aromatic rings. The lowest BCUT2D eigenvalue weighted by atomic mass is 9.90. The van der Waals surface area contributed by atoms with Gasteiger partial charge in [0.2, 0.25) is 0 Å². The van der Waals surface area contributed by atoms with Crippen molar-refractivity contribution in [1.29, 1.82) is 0 Å². The predicted octanol–water partition coefficient (Wildman–Crippen LogP) is -0.193. The summed E-state index contributed by atoms with van der Waals surface area (Å²) >= 11 is 0. The molecule has 3 heterocycles. The van der Waals surface area contributed by atoms with Crippen LogP contribution in [0, 0.1) is 5.41 Å². The van der Waals surface area contributed by atoms with E-state index in [2.05, 4.69) is 4.40 Å². The van der Waals surface area contributed by atoms with Gasteiger partial charge in [0, 0.05) is 25.8 Å². The zero-order chi connectivity index (χ0) is 16.8. The Kier molecular flexibility index (Phi) is 3.55. The van der Waals surface area contributed by atoms with Crippen LogP contribution in [-0.2, 0) is 19.6 Å². The quantitative estimate of drug-likeness (QED) is 0.747. The number of carbonyl (C=O) groups excluding carboxylic acids is 1. The number of hydrogen-bond acceptors (Lipinski definition) is 5. The lowest BCUT2D eigenvalue weighted by Gasteiger charge is -2.30. The Bertz CT molecular complexity index is 767. The van der Waals surface area contributed by atoms with Gasteiger partial charge in [0.25, 0.3) is 15.9 Å². The second-order valence-corrected chi connectivity index (χ2v) is 7.91. The van der Waals surface area contributed by atoms with Gasteiger partial charge in [-0.3, -0.25) is 9.59 Å². The number of hydrogen-bond donors (Lipinski definition) is 1. The van der Waals surface area contributed by atoms with E-state index >= 15 is 0 Å². The smallest absolute Gasteiger partial charge is 0.311 e. The monoisotopic (exact) mass is 339 g/mol. The van der Waals surface area contributed by atoms with Crippen molar-refractivity contribution >= 4 is 27.7 Å². The molecule has 0 radical (unpaired) electrons. The molecule has 0 bridgehead atoms. The largest absolute Gasteiger partial charge is 0.481 e. The zero-order valence-electron chi connectivity index (χ0n) is 12.6. The molecule has 3 aliphatic heterocycles. The number of carbonyl (C=O) groups is 2. The highest BCUT2D eigenvalue weighted by atomic mass is 32.2. The van der Waals surface area contributed by atoms with Crippen LogP contribution in [0.2, 0.25) is 0 Å². The molecule has 0 aromatic carbocycles. The maximum Gasteiger partial charge on any atom is 0.311 e. The molecule has 1 N–H and O–H groups in total. The topological polar surface area (TPSA) is 107 Å². The third-order valence-electron chi connectivity index (χ3n) is 4.36. The Morgan fingerprint density at radius 3 is 2.74 bits per heavy atom. The minimum atomic E-state index is -3.57. The van der Waals surface area contributed by atoms with Crippen molar-refractivity contribution < 1.29 is 23.1 Å². The summed E-state index contributed by atoms with van der Waals surface area (Å²) in [7, 11) is -3.57. The van der Waals surface area contributed by atoms with Gasteiger partial charge in [0.1, 0.15) is 0 Å². The van der Waals surface area contributed by atoms with E-state index in [1.54, 1.807) is 24.1 Å². The van der Waals surface area contributed by atoms with E-state index in [4.69, 9.17) is 0 Å². The highest BCUT2D eigenvalue weighted by molar-refractivity contribution is 7.90.